The van der Waals surface area contributed by atoms with Crippen molar-refractivity contribution in [1.82, 2.24) is 4.98 Å². The van der Waals surface area contributed by atoms with E-state index in [4.69, 9.17) is 11.0 Å². The number of pyridine rings is 1. The summed E-state index contributed by atoms with van der Waals surface area (Å²) in [5.74, 6) is -2.81. The molecule has 1 rings (SSSR count). The first-order chi connectivity index (χ1) is 6.83. The molecular weight excluding hydrogens is 218 g/mol. The molecule has 0 saturated carbocycles. The maximum Gasteiger partial charge on any atom is 0.574 e. The lowest BCUT2D eigenvalue weighted by molar-refractivity contribution is -0.277. The molecule has 0 aliphatic rings. The zero-order valence-electron chi connectivity index (χ0n) is 6.97. The number of nitrogen functional groups attached to an aromatic ring is 1. The fourth-order valence-electron chi connectivity index (χ4n) is 0.759. The maximum absolute atomic E-state index is 12.9. The average Bonchev–Trinajstić information content (AvgIpc) is 2.10. The van der Waals surface area contributed by atoms with Gasteiger partial charge in [0, 0.05) is 6.07 Å². The van der Waals surface area contributed by atoms with Gasteiger partial charge < -0.3 is 10.5 Å². The summed E-state index contributed by atoms with van der Waals surface area (Å²) < 4.78 is 51.4. The number of alkyl halides is 3. The van der Waals surface area contributed by atoms with E-state index in [9.17, 15) is 17.6 Å². The van der Waals surface area contributed by atoms with Crippen molar-refractivity contribution in [2.45, 2.75) is 6.36 Å². The van der Waals surface area contributed by atoms with Crippen molar-refractivity contribution in [3.63, 3.8) is 0 Å². The predicted octanol–water partition coefficient (Wildman–Crippen LogP) is 1.57. The molecular formula is C7H3F4N3O. The van der Waals surface area contributed by atoms with Crippen molar-refractivity contribution < 1.29 is 22.3 Å². The molecule has 0 unspecified atom stereocenters. The molecule has 1 aromatic rings. The Labute approximate surface area is 80.9 Å². The van der Waals surface area contributed by atoms with Gasteiger partial charge in [0.2, 0.25) is 5.82 Å². The second-order valence-corrected chi connectivity index (χ2v) is 2.38. The van der Waals surface area contributed by atoms with Crippen LogP contribution in [-0.2, 0) is 0 Å². The van der Waals surface area contributed by atoms with E-state index in [1.54, 1.807) is 0 Å². The van der Waals surface area contributed by atoms with Crippen molar-refractivity contribution in [3.05, 3.63) is 17.6 Å². The van der Waals surface area contributed by atoms with Gasteiger partial charge in [0.25, 0.3) is 5.88 Å². The van der Waals surface area contributed by atoms with Crippen molar-refractivity contribution in [1.29, 1.82) is 5.26 Å². The van der Waals surface area contributed by atoms with Gasteiger partial charge in [-0.15, -0.1) is 13.2 Å². The molecule has 1 aromatic heterocycles. The topological polar surface area (TPSA) is 71.9 Å². The van der Waals surface area contributed by atoms with E-state index >= 15 is 0 Å². The van der Waals surface area contributed by atoms with Crippen LogP contribution in [0.4, 0.5) is 23.2 Å². The van der Waals surface area contributed by atoms with Gasteiger partial charge in [-0.25, -0.2) is 0 Å². The number of nitriles is 1. The minimum atomic E-state index is -5.09. The summed E-state index contributed by atoms with van der Waals surface area (Å²) in [6.45, 7) is 0. The summed E-state index contributed by atoms with van der Waals surface area (Å²) in [6.07, 6.45) is -5.09. The molecule has 0 bridgehead atoms. The van der Waals surface area contributed by atoms with Crippen LogP contribution in [0.5, 0.6) is 5.88 Å². The number of nitrogens with zero attached hydrogens (tertiary/aromatic N) is 2. The Morgan fingerprint density at radius 3 is 2.53 bits per heavy atom. The molecule has 0 aliphatic heterocycles. The van der Waals surface area contributed by atoms with Gasteiger partial charge in [-0.3, -0.25) is 0 Å². The Hall–Kier alpha value is -2.04. The van der Waals surface area contributed by atoms with Gasteiger partial charge in [-0.05, 0) is 0 Å². The van der Waals surface area contributed by atoms with Gasteiger partial charge in [-0.1, -0.05) is 0 Å². The first kappa shape index (κ1) is 11.0. The Morgan fingerprint density at radius 1 is 1.47 bits per heavy atom. The average molecular weight is 221 g/mol. The number of hydrogen-bond acceptors (Lipinski definition) is 4. The maximum atomic E-state index is 12.9. The van der Waals surface area contributed by atoms with Crippen LogP contribution in [0.15, 0.2) is 6.07 Å². The van der Waals surface area contributed by atoms with Crippen molar-refractivity contribution in [3.8, 4) is 11.9 Å². The number of nitrogens with two attached hydrogens (primary N) is 1. The van der Waals surface area contributed by atoms with E-state index in [-0.39, 0.29) is 0 Å². The summed E-state index contributed by atoms with van der Waals surface area (Å²) >= 11 is 0. The molecule has 0 spiro atoms. The SMILES string of the molecule is N#Cc1cc(N)c(F)c(OC(F)(F)F)n1. The summed E-state index contributed by atoms with van der Waals surface area (Å²) in [5, 5.41) is 8.35. The van der Waals surface area contributed by atoms with Gasteiger partial charge in [-0.2, -0.15) is 14.6 Å². The highest BCUT2D eigenvalue weighted by Crippen LogP contribution is 2.26. The zero-order valence-corrected chi connectivity index (χ0v) is 6.97. The van der Waals surface area contributed by atoms with Crippen molar-refractivity contribution in [2.24, 2.45) is 0 Å². The summed E-state index contributed by atoms with van der Waals surface area (Å²) in [4.78, 5) is 2.98. The number of rotatable bonds is 1. The van der Waals surface area contributed by atoms with Crippen molar-refractivity contribution >= 4 is 5.69 Å². The van der Waals surface area contributed by atoms with Gasteiger partial charge in [0.1, 0.15) is 11.8 Å². The monoisotopic (exact) mass is 221 g/mol. The molecule has 15 heavy (non-hydrogen) atoms. The van der Waals surface area contributed by atoms with E-state index in [0.29, 0.717) is 0 Å². The van der Waals surface area contributed by atoms with Crippen LogP contribution in [0, 0.1) is 17.1 Å². The number of anilines is 1. The quantitative estimate of drug-likeness (QED) is 0.730. The van der Waals surface area contributed by atoms with Crippen LogP contribution in [0.1, 0.15) is 5.69 Å². The lowest BCUT2D eigenvalue weighted by Gasteiger charge is -2.09. The third-order valence-electron chi connectivity index (χ3n) is 1.28. The molecule has 8 heteroatoms. The molecule has 1 heterocycles. The zero-order chi connectivity index (χ0) is 11.6. The van der Waals surface area contributed by atoms with Gasteiger partial charge >= 0.3 is 6.36 Å². The standard InChI is InChI=1S/C7H3F4N3O/c8-5-4(13)1-3(2-12)14-6(5)15-7(9,10)11/h1H,(H2,13,14). The summed E-state index contributed by atoms with van der Waals surface area (Å²) in [5.41, 5.74) is 3.90. The Balaban J connectivity index is 3.18. The highest BCUT2D eigenvalue weighted by molar-refractivity contribution is 5.47. The van der Waals surface area contributed by atoms with Gasteiger partial charge in [0.05, 0.1) is 5.69 Å². The van der Waals surface area contributed by atoms with E-state index in [1.165, 1.54) is 6.07 Å². The largest absolute Gasteiger partial charge is 0.574 e. The smallest absolute Gasteiger partial charge is 0.396 e. The third kappa shape index (κ3) is 2.70. The first-order valence-electron chi connectivity index (χ1n) is 3.45. The van der Waals surface area contributed by atoms with Crippen LogP contribution >= 0.6 is 0 Å². The van der Waals surface area contributed by atoms with E-state index in [0.717, 1.165) is 6.07 Å². The first-order valence-corrected chi connectivity index (χ1v) is 3.45. The Kier molecular flexibility index (Phi) is 2.65. The molecule has 2 N–H and O–H groups in total. The number of halogens is 4. The molecule has 0 atom stereocenters. The van der Waals surface area contributed by atoms with Crippen LogP contribution in [0.3, 0.4) is 0 Å². The molecule has 0 radical (unpaired) electrons. The van der Waals surface area contributed by atoms with Crippen LogP contribution in [0.2, 0.25) is 0 Å². The molecule has 0 aliphatic carbocycles. The number of ether oxygens (including phenoxy) is 1. The summed E-state index contributed by atoms with van der Waals surface area (Å²) in [7, 11) is 0. The number of aromatic nitrogens is 1. The number of hydrogen-bond donors (Lipinski definition) is 1. The van der Waals surface area contributed by atoms with Crippen molar-refractivity contribution in [2.75, 3.05) is 5.73 Å². The highest BCUT2D eigenvalue weighted by Gasteiger charge is 2.33. The predicted molar refractivity (Wildman–Crippen MR) is 40.0 cm³/mol. The summed E-state index contributed by atoms with van der Waals surface area (Å²) in [6, 6.07) is 2.22. The van der Waals surface area contributed by atoms with E-state index < -0.39 is 29.4 Å². The molecule has 0 amide bonds. The fraction of sp³-hybridized carbons (Fsp3) is 0.143. The second-order valence-electron chi connectivity index (χ2n) is 2.38. The third-order valence-corrected chi connectivity index (χ3v) is 1.28. The highest BCUT2D eigenvalue weighted by atomic mass is 19.4. The fourth-order valence-corrected chi connectivity index (χ4v) is 0.759. The normalized spacial score (nSPS) is 10.9. The van der Waals surface area contributed by atoms with Crippen LogP contribution in [-0.4, -0.2) is 11.3 Å². The lowest BCUT2D eigenvalue weighted by atomic mass is 10.3. The molecule has 0 fully saturated rings. The Bertz CT molecular complexity index is 423. The molecule has 80 valence electrons. The second kappa shape index (κ2) is 3.61. The molecule has 0 saturated heterocycles. The Morgan fingerprint density at radius 2 is 2.07 bits per heavy atom. The van der Waals surface area contributed by atoms with E-state index in [1.807, 2.05) is 0 Å². The molecule has 4 nitrogen and oxygen atoms in total. The van der Waals surface area contributed by atoms with Crippen LogP contribution < -0.4 is 10.5 Å². The minimum absolute atomic E-state index is 0.465. The minimum Gasteiger partial charge on any atom is -0.396 e. The van der Waals surface area contributed by atoms with Gasteiger partial charge in [0.15, 0.2) is 0 Å². The van der Waals surface area contributed by atoms with E-state index in [2.05, 4.69) is 9.72 Å². The van der Waals surface area contributed by atoms with Crippen LogP contribution in [0.25, 0.3) is 0 Å². The molecule has 0 aromatic carbocycles. The lowest BCUT2D eigenvalue weighted by Crippen LogP contribution is -2.19.